The number of terminal acetylenes is 1. The van der Waals surface area contributed by atoms with E-state index in [0.717, 1.165) is 31.2 Å². The van der Waals surface area contributed by atoms with Gasteiger partial charge in [-0.15, -0.1) is 39.2 Å². The van der Waals surface area contributed by atoms with Crippen molar-refractivity contribution < 1.29 is 49.0 Å². The second-order valence-corrected chi connectivity index (χ2v) is 8.97. The number of hydrogen-bond donors (Lipinski definition) is 1. The molecule has 0 aromatic heterocycles. The summed E-state index contributed by atoms with van der Waals surface area (Å²) in [6.07, 6.45) is -6.56. The number of nitrogens with one attached hydrogen (secondary N) is 1. The molecule has 0 bridgehead atoms. The van der Waals surface area contributed by atoms with E-state index >= 15 is 0 Å². The minimum absolute atomic E-state index is 0.00613. The average Bonchev–Trinajstić information content (AvgIpc) is 2.87. The summed E-state index contributed by atoms with van der Waals surface area (Å²) in [5.74, 6) is -2.96. The fourth-order valence-corrected chi connectivity index (χ4v) is 4.18. The Kier molecular flexibility index (Phi) is 11.1. The summed E-state index contributed by atoms with van der Waals surface area (Å²) in [7, 11) is 0. The van der Waals surface area contributed by atoms with Crippen LogP contribution in [-0.4, -0.2) is 32.0 Å². The summed E-state index contributed by atoms with van der Waals surface area (Å²) in [6, 6.07) is 18.1. The van der Waals surface area contributed by atoms with Gasteiger partial charge in [0.05, 0.1) is 5.92 Å². The van der Waals surface area contributed by atoms with Gasteiger partial charge < -0.3 is 14.8 Å². The average molecular weight is 592 g/mol. The van der Waals surface area contributed by atoms with Crippen molar-refractivity contribution in [3.05, 3.63) is 95.6 Å². The van der Waals surface area contributed by atoms with Gasteiger partial charge in [-0.2, -0.15) is 13.2 Å². The lowest BCUT2D eigenvalue weighted by Gasteiger charge is -2.37. The minimum atomic E-state index is -5.03. The summed E-state index contributed by atoms with van der Waals surface area (Å²) in [5, 5.41) is 2.74. The minimum Gasteiger partial charge on any atom is -0.406 e. The molecule has 3 rings (SSSR count). The van der Waals surface area contributed by atoms with Crippen LogP contribution in [0.3, 0.4) is 0 Å². The number of alkyl halides is 9. The zero-order chi connectivity index (χ0) is 30.9. The molecule has 1 N–H and O–H groups in total. The smallest absolute Gasteiger partial charge is 0.406 e. The second-order valence-electron chi connectivity index (χ2n) is 8.97. The second kappa shape index (κ2) is 13.7. The summed E-state index contributed by atoms with van der Waals surface area (Å²) in [4.78, 5) is 0. The first kappa shape index (κ1) is 33.4. The van der Waals surface area contributed by atoms with Gasteiger partial charge in [-0.25, -0.2) is 0 Å². The van der Waals surface area contributed by atoms with Crippen LogP contribution in [0, 0.1) is 18.8 Å². The predicted molar refractivity (Wildman–Crippen MR) is 135 cm³/mol. The summed E-state index contributed by atoms with van der Waals surface area (Å²) in [5.41, 5.74) is -0.468. The lowest BCUT2D eigenvalue weighted by atomic mass is 9.70. The van der Waals surface area contributed by atoms with Crippen LogP contribution in [-0.2, 0) is 11.8 Å². The summed E-state index contributed by atoms with van der Waals surface area (Å²) in [6.45, 7) is 0.145. The molecule has 1 atom stereocenters. The van der Waals surface area contributed by atoms with E-state index in [1.807, 2.05) is 0 Å². The Labute approximate surface area is 231 Å². The largest absolute Gasteiger partial charge is 0.573 e. The number of halogens is 9. The van der Waals surface area contributed by atoms with Crippen molar-refractivity contribution in [3.63, 3.8) is 0 Å². The molecule has 0 aliphatic heterocycles. The molecular weight excluding hydrogens is 565 g/mol. The molecule has 3 aromatic rings. The Morgan fingerprint density at radius 3 is 1.56 bits per heavy atom. The van der Waals surface area contributed by atoms with Crippen LogP contribution >= 0.6 is 0 Å². The van der Waals surface area contributed by atoms with Gasteiger partial charge in [0.15, 0.2) is 0 Å². The molecule has 0 aliphatic carbocycles. The monoisotopic (exact) mass is 591 g/mol. The third-order valence-corrected chi connectivity index (χ3v) is 6.03. The van der Waals surface area contributed by atoms with Crippen LogP contribution in [0.1, 0.15) is 23.6 Å². The van der Waals surface area contributed by atoms with E-state index in [0.29, 0.717) is 5.56 Å². The van der Waals surface area contributed by atoms with Crippen molar-refractivity contribution in [1.29, 1.82) is 0 Å². The Morgan fingerprint density at radius 1 is 0.683 bits per heavy atom. The molecule has 0 fully saturated rings. The summed E-state index contributed by atoms with van der Waals surface area (Å²) >= 11 is 0. The Morgan fingerprint density at radius 2 is 1.15 bits per heavy atom. The molecule has 0 saturated carbocycles. The molecule has 0 amide bonds. The first-order valence-corrected chi connectivity index (χ1v) is 11.9. The van der Waals surface area contributed by atoms with Crippen LogP contribution in [0.4, 0.5) is 39.5 Å². The van der Waals surface area contributed by atoms with E-state index in [-0.39, 0.29) is 24.1 Å². The predicted octanol–water partition coefficient (Wildman–Crippen LogP) is 8.05. The summed E-state index contributed by atoms with van der Waals surface area (Å²) < 4.78 is 126. The molecule has 0 unspecified atom stereocenters. The molecule has 0 heterocycles. The van der Waals surface area contributed by atoms with E-state index in [4.69, 9.17) is 0 Å². The van der Waals surface area contributed by atoms with Crippen LogP contribution in [0.5, 0.6) is 11.5 Å². The van der Waals surface area contributed by atoms with Crippen molar-refractivity contribution in [3.8, 4) is 24.3 Å². The number of hydrogen-bond acceptors (Lipinski definition) is 3. The number of rotatable bonds is 10. The van der Waals surface area contributed by atoms with Gasteiger partial charge in [0.2, 0.25) is 0 Å². The zero-order valence-corrected chi connectivity index (χ0v) is 21.6. The van der Waals surface area contributed by atoms with Gasteiger partial charge in [0.1, 0.15) is 11.5 Å². The highest BCUT2D eigenvalue weighted by Crippen LogP contribution is 2.40. The lowest BCUT2D eigenvalue weighted by Crippen LogP contribution is -2.44. The van der Waals surface area contributed by atoms with Gasteiger partial charge in [-0.3, -0.25) is 0 Å². The lowest BCUT2D eigenvalue weighted by molar-refractivity contribution is -0.275. The van der Waals surface area contributed by atoms with E-state index in [1.54, 1.807) is 30.3 Å². The maximum atomic E-state index is 13.2. The molecular formula is C29H26F9NO2. The number of benzene rings is 3. The normalized spacial score (nSPS) is 13.1. The molecule has 3 aromatic carbocycles. The maximum Gasteiger partial charge on any atom is 0.573 e. The van der Waals surface area contributed by atoms with E-state index < -0.39 is 48.3 Å². The molecule has 0 aliphatic rings. The van der Waals surface area contributed by atoms with E-state index in [9.17, 15) is 39.5 Å². The van der Waals surface area contributed by atoms with Gasteiger partial charge in [-0.05, 0) is 47.4 Å². The molecule has 0 spiro atoms. The quantitative estimate of drug-likeness (QED) is 0.191. The van der Waals surface area contributed by atoms with Crippen molar-refractivity contribution in [2.75, 3.05) is 13.1 Å². The Bertz CT molecular complexity index is 1190. The van der Waals surface area contributed by atoms with Crippen molar-refractivity contribution in [1.82, 2.24) is 5.32 Å². The van der Waals surface area contributed by atoms with Crippen LogP contribution < -0.4 is 14.8 Å². The first-order valence-electron chi connectivity index (χ1n) is 11.9. The molecule has 0 saturated heterocycles. The van der Waals surface area contributed by atoms with E-state index in [2.05, 4.69) is 27.6 Å². The van der Waals surface area contributed by atoms with Gasteiger partial charge >= 0.3 is 18.9 Å². The Hall–Kier alpha value is -3.85. The topological polar surface area (TPSA) is 30.5 Å². The molecule has 3 nitrogen and oxygen atoms in total. The van der Waals surface area contributed by atoms with Crippen LogP contribution in [0.25, 0.3) is 0 Å². The third-order valence-electron chi connectivity index (χ3n) is 6.03. The molecule has 222 valence electrons. The van der Waals surface area contributed by atoms with Crippen LogP contribution in [0.15, 0.2) is 78.9 Å². The number of ether oxygens (including phenoxy) is 2. The first-order chi connectivity index (χ1) is 19.1. The van der Waals surface area contributed by atoms with Crippen molar-refractivity contribution in [2.24, 2.45) is 5.92 Å². The fourth-order valence-electron chi connectivity index (χ4n) is 4.18. The molecule has 0 radical (unpaired) electrons. The van der Waals surface area contributed by atoms with Crippen molar-refractivity contribution in [2.45, 2.75) is 37.7 Å². The highest BCUT2D eigenvalue weighted by Gasteiger charge is 2.40. The highest BCUT2D eigenvalue weighted by molar-refractivity contribution is 5.47. The van der Waals surface area contributed by atoms with Gasteiger partial charge in [0, 0.05) is 18.5 Å². The Balaban J connectivity index is 0.00000287. The standard InChI is InChI=1S/C27H24F9NO2.C2H2/c1-18(25(28,29)30)16-37-17-24(15-19-7-3-2-4-8-19,20-9-5-11-22(13-20)38-26(31,32)33)21-10-6-12-23(14-21)39-27(34,35)36;1-2/h2-14,18,37H,15-17H2,1H3;1-2H/t18-;/m0./s1. The van der Waals surface area contributed by atoms with Crippen molar-refractivity contribution >= 4 is 0 Å². The maximum absolute atomic E-state index is 13.2. The SMILES string of the molecule is C#C.C[C@@H](CNCC(Cc1ccccc1)(c1cccc(OC(F)(F)F)c1)c1cccc(OC(F)(F)F)c1)C(F)(F)F. The molecule has 41 heavy (non-hydrogen) atoms. The molecule has 12 heteroatoms. The fraction of sp³-hybridized carbons (Fsp3) is 0.310. The highest BCUT2D eigenvalue weighted by atomic mass is 19.4. The zero-order valence-electron chi connectivity index (χ0n) is 21.6. The van der Waals surface area contributed by atoms with Gasteiger partial charge in [0.25, 0.3) is 0 Å². The van der Waals surface area contributed by atoms with Crippen LogP contribution in [0.2, 0.25) is 0 Å². The van der Waals surface area contributed by atoms with Gasteiger partial charge in [-0.1, -0.05) is 61.5 Å². The van der Waals surface area contributed by atoms with E-state index in [1.165, 1.54) is 24.3 Å². The third kappa shape index (κ3) is 10.2.